The Balaban J connectivity index is 2.89. The molecule has 3 heteroatoms. The van der Waals surface area contributed by atoms with Crippen LogP contribution in [0.25, 0.3) is 0 Å². The van der Waals surface area contributed by atoms with Crippen LogP contribution in [0.1, 0.15) is 31.9 Å². The number of halogens is 1. The number of hydrogen-bond donors (Lipinski definition) is 0. The van der Waals surface area contributed by atoms with Crippen LogP contribution in [-0.4, -0.2) is 5.97 Å². The summed E-state index contributed by atoms with van der Waals surface area (Å²) in [6.07, 6.45) is 0.491. The maximum atomic E-state index is 10.8. The summed E-state index contributed by atoms with van der Waals surface area (Å²) >= 11 is 5.99. The fourth-order valence-corrected chi connectivity index (χ4v) is 1.56. The molecule has 0 radical (unpaired) electrons. The first-order valence-electron chi connectivity index (χ1n) is 4.56. The molecule has 1 atom stereocenters. The first-order chi connectivity index (χ1) is 6.65. The molecule has 0 spiro atoms. The van der Waals surface area contributed by atoms with E-state index in [1.807, 2.05) is 25.1 Å². The first kappa shape index (κ1) is 11.1. The molecular formula is C11H13ClO2. The third-order valence-corrected chi connectivity index (χ3v) is 2.28. The summed E-state index contributed by atoms with van der Waals surface area (Å²) < 4.78 is 5.14. The molecule has 1 aromatic rings. The van der Waals surface area contributed by atoms with Gasteiger partial charge < -0.3 is 4.74 Å². The van der Waals surface area contributed by atoms with Crippen LogP contribution in [0.2, 0.25) is 5.02 Å². The zero-order chi connectivity index (χ0) is 10.6. The molecule has 1 rings (SSSR count). The molecule has 76 valence electrons. The minimum atomic E-state index is -0.281. The summed E-state index contributed by atoms with van der Waals surface area (Å²) in [6, 6.07) is 7.40. The maximum absolute atomic E-state index is 10.8. The lowest BCUT2D eigenvalue weighted by atomic mass is 10.1. The van der Waals surface area contributed by atoms with Crippen molar-refractivity contribution in [2.24, 2.45) is 0 Å². The molecule has 0 aromatic heterocycles. The molecule has 0 heterocycles. The molecule has 0 unspecified atom stereocenters. The van der Waals surface area contributed by atoms with Gasteiger partial charge in [0.1, 0.15) is 6.10 Å². The van der Waals surface area contributed by atoms with Gasteiger partial charge in [0.05, 0.1) is 0 Å². The summed E-state index contributed by atoms with van der Waals surface area (Å²) in [5.41, 5.74) is 0.867. The van der Waals surface area contributed by atoms with Gasteiger partial charge in [-0.15, -0.1) is 0 Å². The molecule has 0 aliphatic heterocycles. The Morgan fingerprint density at radius 1 is 1.50 bits per heavy atom. The number of carbonyl (C=O) groups excluding carboxylic acids is 1. The van der Waals surface area contributed by atoms with Crippen LogP contribution in [0.3, 0.4) is 0 Å². The van der Waals surface area contributed by atoms with Gasteiger partial charge in [-0.3, -0.25) is 4.79 Å². The van der Waals surface area contributed by atoms with Crippen LogP contribution < -0.4 is 0 Å². The number of rotatable bonds is 3. The van der Waals surface area contributed by atoms with E-state index in [9.17, 15) is 4.79 Å². The highest BCUT2D eigenvalue weighted by Crippen LogP contribution is 2.27. The Morgan fingerprint density at radius 2 is 2.14 bits per heavy atom. The van der Waals surface area contributed by atoms with E-state index >= 15 is 0 Å². The zero-order valence-electron chi connectivity index (χ0n) is 8.29. The molecule has 1 aromatic carbocycles. The topological polar surface area (TPSA) is 26.3 Å². The molecule has 0 saturated heterocycles. The minimum absolute atomic E-state index is 0.235. The minimum Gasteiger partial charge on any atom is -0.458 e. The van der Waals surface area contributed by atoms with E-state index in [4.69, 9.17) is 16.3 Å². The van der Waals surface area contributed by atoms with Crippen molar-refractivity contribution in [2.75, 3.05) is 0 Å². The average molecular weight is 213 g/mol. The van der Waals surface area contributed by atoms with Crippen LogP contribution in [0.5, 0.6) is 0 Å². The van der Waals surface area contributed by atoms with Gasteiger partial charge in [0.2, 0.25) is 0 Å². The van der Waals surface area contributed by atoms with Crippen molar-refractivity contribution in [2.45, 2.75) is 26.4 Å². The summed E-state index contributed by atoms with van der Waals surface area (Å²) in [5, 5.41) is 0.639. The predicted molar refractivity (Wildman–Crippen MR) is 56.3 cm³/mol. The van der Waals surface area contributed by atoms with E-state index in [0.29, 0.717) is 5.02 Å². The predicted octanol–water partition coefficient (Wildman–Crippen LogP) is 3.35. The molecule has 14 heavy (non-hydrogen) atoms. The molecule has 0 saturated carbocycles. The van der Waals surface area contributed by atoms with Crippen molar-refractivity contribution in [3.63, 3.8) is 0 Å². The number of esters is 1. The lowest BCUT2D eigenvalue weighted by Gasteiger charge is -2.16. The second kappa shape index (κ2) is 5.01. The number of carbonyl (C=O) groups is 1. The standard InChI is InChI=1S/C11H13ClO2/c1-3-11(14-8(2)13)9-6-4-5-7-10(9)12/h4-7,11H,3H2,1-2H3/t11-/m0/s1. The number of ether oxygens (including phenoxy) is 1. The van der Waals surface area contributed by atoms with Gasteiger partial charge in [-0.25, -0.2) is 0 Å². The molecule has 0 amide bonds. The highest BCUT2D eigenvalue weighted by Gasteiger charge is 2.14. The molecule has 0 aliphatic carbocycles. The van der Waals surface area contributed by atoms with Gasteiger partial charge >= 0.3 is 5.97 Å². The first-order valence-corrected chi connectivity index (χ1v) is 4.94. The van der Waals surface area contributed by atoms with E-state index in [1.54, 1.807) is 6.07 Å². The molecular weight excluding hydrogens is 200 g/mol. The molecule has 0 bridgehead atoms. The van der Waals surface area contributed by atoms with Gasteiger partial charge in [-0.05, 0) is 12.5 Å². The Labute approximate surface area is 88.8 Å². The maximum Gasteiger partial charge on any atom is 0.303 e. The van der Waals surface area contributed by atoms with Crippen LogP contribution >= 0.6 is 11.6 Å². The lowest BCUT2D eigenvalue weighted by molar-refractivity contribution is -0.146. The smallest absolute Gasteiger partial charge is 0.303 e. The normalized spacial score (nSPS) is 12.2. The molecule has 0 N–H and O–H groups in total. The van der Waals surface area contributed by atoms with Gasteiger partial charge in [-0.2, -0.15) is 0 Å². The monoisotopic (exact) mass is 212 g/mol. The quantitative estimate of drug-likeness (QED) is 0.719. The van der Waals surface area contributed by atoms with Gasteiger partial charge in [-0.1, -0.05) is 36.7 Å². The summed E-state index contributed by atoms with van der Waals surface area (Å²) in [4.78, 5) is 10.8. The summed E-state index contributed by atoms with van der Waals surface area (Å²) in [7, 11) is 0. The van der Waals surface area contributed by atoms with Crippen molar-refractivity contribution in [3.05, 3.63) is 34.9 Å². The molecule has 0 fully saturated rings. The molecule has 0 aliphatic rings. The summed E-state index contributed by atoms with van der Waals surface area (Å²) in [5.74, 6) is -0.281. The molecule has 2 nitrogen and oxygen atoms in total. The average Bonchev–Trinajstić information content (AvgIpc) is 2.15. The lowest BCUT2D eigenvalue weighted by Crippen LogP contribution is -2.07. The van der Waals surface area contributed by atoms with E-state index in [0.717, 1.165) is 12.0 Å². The van der Waals surface area contributed by atoms with E-state index in [-0.39, 0.29) is 12.1 Å². The summed E-state index contributed by atoms with van der Waals surface area (Å²) in [6.45, 7) is 3.36. The zero-order valence-corrected chi connectivity index (χ0v) is 9.04. The van der Waals surface area contributed by atoms with Gasteiger partial charge in [0.25, 0.3) is 0 Å². The second-order valence-corrected chi connectivity index (χ2v) is 3.44. The van der Waals surface area contributed by atoms with Crippen LogP contribution in [0.4, 0.5) is 0 Å². The third kappa shape index (κ3) is 2.74. The van der Waals surface area contributed by atoms with E-state index in [1.165, 1.54) is 6.92 Å². The fourth-order valence-electron chi connectivity index (χ4n) is 1.30. The van der Waals surface area contributed by atoms with Crippen LogP contribution in [0.15, 0.2) is 24.3 Å². The number of hydrogen-bond acceptors (Lipinski definition) is 2. The van der Waals surface area contributed by atoms with Crippen molar-refractivity contribution < 1.29 is 9.53 Å². The van der Waals surface area contributed by atoms with Gasteiger partial charge in [0.15, 0.2) is 0 Å². The van der Waals surface area contributed by atoms with Crippen LogP contribution in [-0.2, 0) is 9.53 Å². The Hall–Kier alpha value is -1.02. The largest absolute Gasteiger partial charge is 0.458 e. The highest BCUT2D eigenvalue weighted by atomic mass is 35.5. The van der Waals surface area contributed by atoms with Crippen molar-refractivity contribution in [1.29, 1.82) is 0 Å². The Bertz CT molecular complexity index is 323. The second-order valence-electron chi connectivity index (χ2n) is 3.03. The van der Waals surface area contributed by atoms with Gasteiger partial charge in [0, 0.05) is 17.5 Å². The van der Waals surface area contributed by atoms with E-state index in [2.05, 4.69) is 0 Å². The number of benzene rings is 1. The fraction of sp³-hybridized carbons (Fsp3) is 0.364. The third-order valence-electron chi connectivity index (χ3n) is 1.93. The SMILES string of the molecule is CC[C@H](OC(C)=O)c1ccccc1Cl. The van der Waals surface area contributed by atoms with Crippen LogP contribution in [0, 0.1) is 0 Å². The highest BCUT2D eigenvalue weighted by molar-refractivity contribution is 6.31. The Morgan fingerprint density at radius 3 is 2.64 bits per heavy atom. The van der Waals surface area contributed by atoms with Crippen molar-refractivity contribution >= 4 is 17.6 Å². The Kier molecular flexibility index (Phi) is 3.96. The van der Waals surface area contributed by atoms with Crippen molar-refractivity contribution in [3.8, 4) is 0 Å². The van der Waals surface area contributed by atoms with Crippen molar-refractivity contribution in [1.82, 2.24) is 0 Å². The van der Waals surface area contributed by atoms with E-state index < -0.39 is 0 Å².